The number of hydrogen-bond donors (Lipinski definition) is 0. The molecule has 23 heavy (non-hydrogen) atoms. The Labute approximate surface area is 138 Å². The monoisotopic (exact) mass is 322 g/mol. The Morgan fingerprint density at radius 1 is 1.17 bits per heavy atom. The normalized spacial score (nSPS) is 26.0. The van der Waals surface area contributed by atoms with Crippen LogP contribution in [0.5, 0.6) is 0 Å². The highest BCUT2D eigenvalue weighted by Gasteiger charge is 2.30. The van der Waals surface area contributed by atoms with Gasteiger partial charge in [-0.1, -0.05) is 12.1 Å². The van der Waals surface area contributed by atoms with Gasteiger partial charge in [-0.3, -0.25) is 4.90 Å². The van der Waals surface area contributed by atoms with Gasteiger partial charge in [-0.25, -0.2) is 4.39 Å². The minimum Gasteiger partial charge on any atom is -0.375 e. The third kappa shape index (κ3) is 4.98. The highest BCUT2D eigenvalue weighted by Crippen LogP contribution is 2.20. The Bertz CT molecular complexity index is 476. The van der Waals surface area contributed by atoms with Crippen LogP contribution in [0.15, 0.2) is 24.3 Å². The molecule has 0 radical (unpaired) electrons. The van der Waals surface area contributed by atoms with E-state index in [2.05, 4.69) is 16.8 Å². The molecule has 2 fully saturated rings. The third-order valence-corrected chi connectivity index (χ3v) is 4.72. The van der Waals surface area contributed by atoms with Crippen LogP contribution in [0.2, 0.25) is 0 Å². The summed E-state index contributed by atoms with van der Waals surface area (Å²) in [5.41, 5.74) is 1.15. The molecule has 1 aromatic carbocycles. The van der Waals surface area contributed by atoms with E-state index in [9.17, 15) is 4.39 Å². The third-order valence-electron chi connectivity index (χ3n) is 4.72. The lowest BCUT2D eigenvalue weighted by Crippen LogP contribution is -2.49. The second-order valence-electron chi connectivity index (χ2n) is 6.63. The molecule has 0 unspecified atom stereocenters. The fourth-order valence-electron chi connectivity index (χ4n) is 3.35. The summed E-state index contributed by atoms with van der Waals surface area (Å²) < 4.78 is 24.6. The number of rotatable bonds is 6. The van der Waals surface area contributed by atoms with Crippen molar-refractivity contribution < 1.29 is 13.9 Å². The van der Waals surface area contributed by atoms with Crippen molar-refractivity contribution in [2.45, 2.75) is 31.6 Å². The molecule has 1 aromatic rings. The molecule has 0 amide bonds. The molecule has 0 spiro atoms. The standard InChI is InChI=1S/C18H27FN2O2/c1-20(13-15-4-6-16(19)7-5-15)8-9-21-10-12-23-18(14-21)17-3-2-11-22-17/h4-7,17-18H,2-3,8-14H2,1H3/t17-,18-/m0/s1. The molecule has 0 N–H and O–H groups in total. The SMILES string of the molecule is CN(CCN1CCO[C@H]([C@@H]2CCCO2)C1)Cc1ccc(F)cc1. The Morgan fingerprint density at radius 3 is 2.70 bits per heavy atom. The maximum absolute atomic E-state index is 12.9. The predicted molar refractivity (Wildman–Crippen MR) is 87.9 cm³/mol. The average molecular weight is 322 g/mol. The highest BCUT2D eigenvalue weighted by molar-refractivity contribution is 5.15. The molecule has 2 aliphatic heterocycles. The van der Waals surface area contributed by atoms with Crippen LogP contribution in [-0.4, -0.2) is 68.4 Å². The van der Waals surface area contributed by atoms with Crippen molar-refractivity contribution in [1.82, 2.24) is 9.80 Å². The molecular weight excluding hydrogens is 295 g/mol. The van der Waals surface area contributed by atoms with E-state index in [0.29, 0.717) is 0 Å². The van der Waals surface area contributed by atoms with Crippen molar-refractivity contribution in [3.05, 3.63) is 35.6 Å². The van der Waals surface area contributed by atoms with E-state index in [1.54, 1.807) is 0 Å². The minimum atomic E-state index is -0.176. The fraction of sp³-hybridized carbons (Fsp3) is 0.667. The van der Waals surface area contributed by atoms with Gasteiger partial charge in [0, 0.05) is 39.3 Å². The number of ether oxygens (including phenoxy) is 2. The molecule has 2 heterocycles. The number of benzene rings is 1. The van der Waals surface area contributed by atoms with Gasteiger partial charge in [-0.05, 0) is 37.6 Å². The maximum atomic E-state index is 12.9. The first kappa shape index (κ1) is 16.8. The van der Waals surface area contributed by atoms with Crippen molar-refractivity contribution in [1.29, 1.82) is 0 Å². The smallest absolute Gasteiger partial charge is 0.123 e. The summed E-state index contributed by atoms with van der Waals surface area (Å²) in [5.74, 6) is -0.176. The zero-order valence-corrected chi connectivity index (χ0v) is 13.9. The van der Waals surface area contributed by atoms with Gasteiger partial charge in [-0.2, -0.15) is 0 Å². The number of nitrogens with zero attached hydrogens (tertiary/aromatic N) is 2. The highest BCUT2D eigenvalue weighted by atomic mass is 19.1. The zero-order valence-electron chi connectivity index (χ0n) is 13.9. The second kappa shape index (κ2) is 8.20. The number of halogens is 1. The second-order valence-corrected chi connectivity index (χ2v) is 6.63. The summed E-state index contributed by atoms with van der Waals surface area (Å²) in [6.07, 6.45) is 2.80. The van der Waals surface area contributed by atoms with Crippen molar-refractivity contribution in [3.8, 4) is 0 Å². The molecule has 4 nitrogen and oxygen atoms in total. The first-order valence-corrected chi connectivity index (χ1v) is 8.59. The summed E-state index contributed by atoms with van der Waals surface area (Å²) >= 11 is 0. The van der Waals surface area contributed by atoms with Crippen LogP contribution in [0.1, 0.15) is 18.4 Å². The van der Waals surface area contributed by atoms with E-state index in [4.69, 9.17) is 9.47 Å². The zero-order chi connectivity index (χ0) is 16.1. The van der Waals surface area contributed by atoms with E-state index in [1.165, 1.54) is 12.1 Å². The van der Waals surface area contributed by atoms with Gasteiger partial charge >= 0.3 is 0 Å². The van der Waals surface area contributed by atoms with Crippen LogP contribution in [0.25, 0.3) is 0 Å². The fourth-order valence-corrected chi connectivity index (χ4v) is 3.35. The van der Waals surface area contributed by atoms with Gasteiger partial charge in [0.1, 0.15) is 5.82 Å². The predicted octanol–water partition coefficient (Wildman–Crippen LogP) is 2.14. The van der Waals surface area contributed by atoms with Gasteiger partial charge in [0.05, 0.1) is 18.8 Å². The van der Waals surface area contributed by atoms with Crippen LogP contribution >= 0.6 is 0 Å². The van der Waals surface area contributed by atoms with Gasteiger partial charge < -0.3 is 14.4 Å². The van der Waals surface area contributed by atoms with Gasteiger partial charge in [0.15, 0.2) is 0 Å². The summed E-state index contributed by atoms with van der Waals surface area (Å²) in [6, 6.07) is 6.76. The molecule has 2 saturated heterocycles. The van der Waals surface area contributed by atoms with Crippen molar-refractivity contribution in [3.63, 3.8) is 0 Å². The summed E-state index contributed by atoms with van der Waals surface area (Å²) in [5, 5.41) is 0. The molecule has 2 aliphatic rings. The molecule has 0 saturated carbocycles. The van der Waals surface area contributed by atoms with E-state index in [1.807, 2.05) is 12.1 Å². The first-order chi connectivity index (χ1) is 11.2. The Hall–Kier alpha value is -1.01. The Morgan fingerprint density at radius 2 is 1.96 bits per heavy atom. The minimum absolute atomic E-state index is 0.176. The Kier molecular flexibility index (Phi) is 6.00. The Balaban J connectivity index is 1.41. The maximum Gasteiger partial charge on any atom is 0.123 e. The number of hydrogen-bond acceptors (Lipinski definition) is 4. The molecule has 0 aliphatic carbocycles. The van der Waals surface area contributed by atoms with E-state index >= 15 is 0 Å². The lowest BCUT2D eigenvalue weighted by molar-refractivity contribution is -0.0948. The summed E-state index contributed by atoms with van der Waals surface area (Å²) in [6.45, 7) is 6.51. The van der Waals surface area contributed by atoms with Crippen molar-refractivity contribution >= 4 is 0 Å². The lowest BCUT2D eigenvalue weighted by atomic mass is 10.1. The molecule has 0 bridgehead atoms. The first-order valence-electron chi connectivity index (χ1n) is 8.59. The van der Waals surface area contributed by atoms with Crippen LogP contribution in [0.4, 0.5) is 4.39 Å². The van der Waals surface area contributed by atoms with Crippen LogP contribution in [-0.2, 0) is 16.0 Å². The molecule has 0 aromatic heterocycles. The largest absolute Gasteiger partial charge is 0.375 e. The van der Waals surface area contributed by atoms with Crippen molar-refractivity contribution in [2.24, 2.45) is 0 Å². The quantitative estimate of drug-likeness (QED) is 0.801. The summed E-state index contributed by atoms with van der Waals surface area (Å²) in [7, 11) is 2.11. The lowest BCUT2D eigenvalue weighted by Gasteiger charge is -2.36. The number of morpholine rings is 1. The topological polar surface area (TPSA) is 24.9 Å². The van der Waals surface area contributed by atoms with Gasteiger partial charge in [-0.15, -0.1) is 0 Å². The van der Waals surface area contributed by atoms with E-state index < -0.39 is 0 Å². The van der Waals surface area contributed by atoms with E-state index in [-0.39, 0.29) is 18.0 Å². The summed E-state index contributed by atoms with van der Waals surface area (Å²) in [4.78, 5) is 4.75. The van der Waals surface area contributed by atoms with Crippen LogP contribution < -0.4 is 0 Å². The molecule has 3 rings (SSSR count). The van der Waals surface area contributed by atoms with Crippen LogP contribution in [0, 0.1) is 5.82 Å². The molecule has 5 heteroatoms. The van der Waals surface area contributed by atoms with Gasteiger partial charge in [0.2, 0.25) is 0 Å². The van der Waals surface area contributed by atoms with Crippen molar-refractivity contribution in [2.75, 3.05) is 46.4 Å². The molecule has 128 valence electrons. The molecular formula is C18H27FN2O2. The average Bonchev–Trinajstić information content (AvgIpc) is 3.10. The van der Waals surface area contributed by atoms with Crippen LogP contribution in [0.3, 0.4) is 0 Å². The molecule has 2 atom stereocenters. The van der Waals surface area contributed by atoms with E-state index in [0.717, 1.165) is 64.3 Å². The number of likely N-dealkylation sites (N-methyl/N-ethyl adjacent to an activating group) is 1. The van der Waals surface area contributed by atoms with Gasteiger partial charge in [0.25, 0.3) is 0 Å².